The first-order valence-electron chi connectivity index (χ1n) is 7.29. The lowest BCUT2D eigenvalue weighted by Crippen LogP contribution is -2.39. The summed E-state index contributed by atoms with van der Waals surface area (Å²) in [5.74, 6) is 0.129. The molecule has 0 saturated carbocycles. The fraction of sp³-hybridized carbons (Fsp3) is 0.375. The van der Waals surface area contributed by atoms with Gasteiger partial charge in [0, 0.05) is 42.2 Å². The van der Waals surface area contributed by atoms with Crippen LogP contribution >= 0.6 is 0 Å². The summed E-state index contributed by atoms with van der Waals surface area (Å²) in [7, 11) is 0. The maximum atomic E-state index is 12.7. The summed E-state index contributed by atoms with van der Waals surface area (Å²) in [5, 5.41) is 0.960. The van der Waals surface area contributed by atoms with Crippen molar-refractivity contribution in [3.05, 3.63) is 36.0 Å². The number of hydrogen-bond acceptors (Lipinski definition) is 2. The second kappa shape index (κ2) is 5.60. The summed E-state index contributed by atoms with van der Waals surface area (Å²) >= 11 is 0. The van der Waals surface area contributed by atoms with Crippen LogP contribution in [0.2, 0.25) is 0 Å². The molecule has 2 amide bonds. The third-order valence-electron chi connectivity index (χ3n) is 4.22. The number of nitrogens with one attached hydrogen (secondary N) is 1. The van der Waals surface area contributed by atoms with Crippen LogP contribution in [0.25, 0.3) is 10.9 Å². The van der Waals surface area contributed by atoms with Crippen LogP contribution in [0.4, 0.5) is 0 Å². The highest BCUT2D eigenvalue weighted by atomic mass is 16.2. The van der Waals surface area contributed by atoms with E-state index in [9.17, 15) is 9.59 Å². The first kappa shape index (κ1) is 13.7. The molecule has 3 rings (SSSR count). The molecule has 1 aromatic carbocycles. The molecule has 0 radical (unpaired) electrons. The van der Waals surface area contributed by atoms with Crippen LogP contribution in [0.15, 0.2) is 30.5 Å². The number of aromatic nitrogens is 1. The van der Waals surface area contributed by atoms with Crippen LogP contribution in [-0.4, -0.2) is 34.8 Å². The lowest BCUT2D eigenvalue weighted by Gasteiger charge is -2.31. The molecule has 3 N–H and O–H groups in total. The number of likely N-dealkylation sites (tertiary alicyclic amines) is 1. The number of benzene rings is 1. The SMILES string of the molecule is NC(=O)CC1CCN(C(=O)c2cccc3[nH]ccc23)CC1. The first-order valence-corrected chi connectivity index (χ1v) is 7.29. The van der Waals surface area contributed by atoms with E-state index in [0.29, 0.717) is 25.4 Å². The number of aromatic amines is 1. The minimum absolute atomic E-state index is 0.0673. The predicted molar refractivity (Wildman–Crippen MR) is 80.7 cm³/mol. The van der Waals surface area contributed by atoms with Gasteiger partial charge in [0.15, 0.2) is 0 Å². The van der Waals surface area contributed by atoms with Crippen LogP contribution in [0.5, 0.6) is 0 Å². The maximum absolute atomic E-state index is 12.7. The van der Waals surface area contributed by atoms with E-state index in [1.54, 1.807) is 0 Å². The van der Waals surface area contributed by atoms with Crippen LogP contribution in [0, 0.1) is 5.92 Å². The lowest BCUT2D eigenvalue weighted by molar-refractivity contribution is -0.119. The van der Waals surface area contributed by atoms with E-state index in [-0.39, 0.29) is 11.8 Å². The van der Waals surface area contributed by atoms with Gasteiger partial charge in [-0.25, -0.2) is 0 Å². The highest BCUT2D eigenvalue weighted by Gasteiger charge is 2.25. The smallest absolute Gasteiger partial charge is 0.254 e. The Hall–Kier alpha value is -2.30. The van der Waals surface area contributed by atoms with Gasteiger partial charge in [-0.05, 0) is 37.0 Å². The van der Waals surface area contributed by atoms with Crippen molar-refractivity contribution in [2.75, 3.05) is 13.1 Å². The molecule has 1 aliphatic heterocycles. The topological polar surface area (TPSA) is 79.2 Å². The number of primary amides is 1. The second-order valence-electron chi connectivity index (χ2n) is 5.65. The molecule has 1 aliphatic rings. The number of carbonyl (C=O) groups excluding carboxylic acids is 2. The zero-order chi connectivity index (χ0) is 14.8. The van der Waals surface area contributed by atoms with Gasteiger partial charge in [0.05, 0.1) is 0 Å². The molecular weight excluding hydrogens is 266 g/mol. The average molecular weight is 285 g/mol. The molecule has 1 saturated heterocycles. The molecule has 1 fully saturated rings. The largest absolute Gasteiger partial charge is 0.370 e. The predicted octanol–water partition coefficient (Wildman–Crippen LogP) is 1.90. The van der Waals surface area contributed by atoms with Crippen molar-refractivity contribution in [1.29, 1.82) is 0 Å². The number of amides is 2. The highest BCUT2D eigenvalue weighted by Crippen LogP contribution is 2.24. The Morgan fingerprint density at radius 3 is 2.71 bits per heavy atom. The first-order chi connectivity index (χ1) is 10.1. The van der Waals surface area contributed by atoms with Gasteiger partial charge in [-0.15, -0.1) is 0 Å². The molecule has 2 heterocycles. The number of piperidine rings is 1. The van der Waals surface area contributed by atoms with Crippen molar-refractivity contribution in [2.24, 2.45) is 11.7 Å². The number of H-pyrrole nitrogens is 1. The fourth-order valence-corrected chi connectivity index (χ4v) is 3.07. The van der Waals surface area contributed by atoms with Gasteiger partial charge >= 0.3 is 0 Å². The van der Waals surface area contributed by atoms with Crippen molar-refractivity contribution in [1.82, 2.24) is 9.88 Å². The average Bonchev–Trinajstić information content (AvgIpc) is 2.95. The maximum Gasteiger partial charge on any atom is 0.254 e. The minimum Gasteiger partial charge on any atom is -0.370 e. The summed E-state index contributed by atoms with van der Waals surface area (Å²) in [6.07, 6.45) is 3.96. The van der Waals surface area contributed by atoms with Crippen molar-refractivity contribution in [2.45, 2.75) is 19.3 Å². The van der Waals surface area contributed by atoms with Gasteiger partial charge in [0.2, 0.25) is 5.91 Å². The summed E-state index contributed by atoms with van der Waals surface area (Å²) in [6, 6.07) is 7.66. The number of nitrogens with two attached hydrogens (primary N) is 1. The number of nitrogens with zero attached hydrogens (tertiary/aromatic N) is 1. The molecule has 0 atom stereocenters. The number of rotatable bonds is 3. The molecule has 5 nitrogen and oxygen atoms in total. The molecule has 0 unspecified atom stereocenters. The van der Waals surface area contributed by atoms with Crippen molar-refractivity contribution in [3.63, 3.8) is 0 Å². The van der Waals surface area contributed by atoms with Gasteiger partial charge in [-0.1, -0.05) is 6.07 Å². The highest BCUT2D eigenvalue weighted by molar-refractivity contribution is 6.06. The lowest BCUT2D eigenvalue weighted by atomic mass is 9.93. The van der Waals surface area contributed by atoms with Crippen molar-refractivity contribution < 1.29 is 9.59 Å². The zero-order valence-corrected chi connectivity index (χ0v) is 11.8. The Morgan fingerprint density at radius 2 is 2.00 bits per heavy atom. The Morgan fingerprint density at radius 1 is 1.24 bits per heavy atom. The normalized spacial score (nSPS) is 16.3. The number of fused-ring (bicyclic) bond motifs is 1. The molecule has 1 aromatic heterocycles. The molecule has 21 heavy (non-hydrogen) atoms. The zero-order valence-electron chi connectivity index (χ0n) is 11.8. The van der Waals surface area contributed by atoms with Crippen LogP contribution in [0.1, 0.15) is 29.6 Å². The van der Waals surface area contributed by atoms with E-state index in [2.05, 4.69) is 4.98 Å². The second-order valence-corrected chi connectivity index (χ2v) is 5.65. The van der Waals surface area contributed by atoms with Gasteiger partial charge in [0.1, 0.15) is 0 Å². The van der Waals surface area contributed by atoms with Gasteiger partial charge in [-0.3, -0.25) is 9.59 Å². The van der Waals surface area contributed by atoms with Gasteiger partial charge in [-0.2, -0.15) is 0 Å². The molecule has 0 bridgehead atoms. The van der Waals surface area contributed by atoms with Crippen molar-refractivity contribution >= 4 is 22.7 Å². The Balaban J connectivity index is 1.72. The summed E-state index contributed by atoms with van der Waals surface area (Å²) in [5.41, 5.74) is 6.95. The van der Waals surface area contributed by atoms with E-state index >= 15 is 0 Å². The van der Waals surface area contributed by atoms with Crippen LogP contribution in [0.3, 0.4) is 0 Å². The molecule has 5 heteroatoms. The van der Waals surface area contributed by atoms with Crippen LogP contribution < -0.4 is 5.73 Å². The van der Waals surface area contributed by atoms with E-state index in [1.807, 2.05) is 35.4 Å². The van der Waals surface area contributed by atoms with E-state index in [0.717, 1.165) is 29.3 Å². The Kier molecular flexibility index (Phi) is 3.64. The molecule has 0 aliphatic carbocycles. The fourth-order valence-electron chi connectivity index (χ4n) is 3.07. The third-order valence-corrected chi connectivity index (χ3v) is 4.22. The Labute approximate surface area is 123 Å². The minimum atomic E-state index is -0.253. The van der Waals surface area contributed by atoms with E-state index < -0.39 is 0 Å². The molecular formula is C16H19N3O2. The van der Waals surface area contributed by atoms with Crippen molar-refractivity contribution in [3.8, 4) is 0 Å². The van der Waals surface area contributed by atoms with Crippen LogP contribution in [-0.2, 0) is 4.79 Å². The Bertz CT molecular complexity index is 669. The summed E-state index contributed by atoms with van der Waals surface area (Å²) in [6.45, 7) is 1.38. The molecule has 0 spiro atoms. The standard InChI is InChI=1S/C16H19N3O2/c17-15(20)10-11-5-8-19(9-6-11)16(21)13-2-1-3-14-12(13)4-7-18-14/h1-4,7,11,18H,5-6,8-10H2,(H2,17,20). The van der Waals surface area contributed by atoms with Gasteiger partial charge in [0.25, 0.3) is 5.91 Å². The third kappa shape index (κ3) is 2.77. The number of hydrogen-bond donors (Lipinski definition) is 2. The summed E-state index contributed by atoms with van der Waals surface area (Å²) in [4.78, 5) is 28.6. The molecule has 110 valence electrons. The quantitative estimate of drug-likeness (QED) is 0.903. The summed E-state index contributed by atoms with van der Waals surface area (Å²) < 4.78 is 0. The number of carbonyl (C=O) groups is 2. The molecule has 2 aromatic rings. The van der Waals surface area contributed by atoms with Gasteiger partial charge < -0.3 is 15.6 Å². The van der Waals surface area contributed by atoms with E-state index in [4.69, 9.17) is 5.73 Å². The monoisotopic (exact) mass is 285 g/mol. The van der Waals surface area contributed by atoms with E-state index in [1.165, 1.54) is 0 Å².